The average Bonchev–Trinajstić information content (AvgIpc) is 3.11. The summed E-state index contributed by atoms with van der Waals surface area (Å²) in [5.41, 5.74) is 0.527. The van der Waals surface area contributed by atoms with E-state index in [-0.39, 0.29) is 17.9 Å². The van der Waals surface area contributed by atoms with Gasteiger partial charge in [-0.05, 0) is 19.8 Å². The highest BCUT2D eigenvalue weighted by Crippen LogP contribution is 2.65. The maximum Gasteiger partial charge on any atom is 0.313 e. The molecule has 2 heterocycles. The lowest BCUT2D eigenvalue weighted by Gasteiger charge is -2.42. The molecule has 0 radical (unpaired) electrons. The van der Waals surface area contributed by atoms with Crippen LogP contribution >= 0.6 is 0 Å². The monoisotopic (exact) mass is 433 g/mol. The van der Waals surface area contributed by atoms with Gasteiger partial charge in [0.1, 0.15) is 6.04 Å². The predicted octanol–water partition coefficient (Wildman–Crippen LogP) is 2.63. The molecule has 32 heavy (non-hydrogen) atoms. The summed E-state index contributed by atoms with van der Waals surface area (Å²) >= 11 is 0. The number of hydrogen-bond donors (Lipinski definition) is 1. The Kier molecular flexibility index (Phi) is 4.93. The van der Waals surface area contributed by atoms with Gasteiger partial charge in [-0.15, -0.1) is 0 Å². The molecule has 2 saturated heterocycles. The molecule has 3 aliphatic rings. The molecular weight excluding hydrogens is 400 g/mol. The number of amides is 1. The van der Waals surface area contributed by atoms with Crippen molar-refractivity contribution in [1.29, 1.82) is 0 Å². The summed E-state index contributed by atoms with van der Waals surface area (Å²) in [6.07, 6.45) is 1.35. The van der Waals surface area contributed by atoms with E-state index in [1.54, 1.807) is 0 Å². The van der Waals surface area contributed by atoms with Gasteiger partial charge in [-0.3, -0.25) is 9.59 Å². The number of rotatable bonds is 4. The number of esters is 1. The van der Waals surface area contributed by atoms with Crippen LogP contribution in [0.2, 0.25) is 0 Å². The number of quaternary nitrogens is 1. The van der Waals surface area contributed by atoms with Crippen molar-refractivity contribution in [3.05, 3.63) is 71.8 Å². The standard InChI is InChI=1S/C27H32N2O3/c1-25(2)26(3)14-15-27(25,32-24(26)31)23(30)29-18-16-28(17-19-29)22(20-10-6-4-7-11-20)21-12-8-5-9-13-21/h4-13,22H,14-19H2,1-3H3/p+1/t26-,27-/m0/s1. The average molecular weight is 434 g/mol. The summed E-state index contributed by atoms with van der Waals surface area (Å²) < 4.78 is 5.86. The third-order valence-electron chi connectivity index (χ3n) is 8.80. The van der Waals surface area contributed by atoms with Crippen LogP contribution in [-0.2, 0) is 14.3 Å². The van der Waals surface area contributed by atoms with Gasteiger partial charge in [0.15, 0.2) is 5.60 Å². The fraction of sp³-hybridized carbons (Fsp3) is 0.481. The van der Waals surface area contributed by atoms with Gasteiger partial charge in [0, 0.05) is 16.5 Å². The Morgan fingerprint density at radius 1 is 0.906 bits per heavy atom. The summed E-state index contributed by atoms with van der Waals surface area (Å²) in [4.78, 5) is 29.8. The number of nitrogens with one attached hydrogen (secondary N) is 1. The summed E-state index contributed by atoms with van der Waals surface area (Å²) in [5, 5.41) is 0. The van der Waals surface area contributed by atoms with E-state index in [0.29, 0.717) is 19.5 Å². The second kappa shape index (κ2) is 7.45. The number of ether oxygens (including phenoxy) is 1. The van der Waals surface area contributed by atoms with E-state index >= 15 is 0 Å². The molecule has 168 valence electrons. The summed E-state index contributed by atoms with van der Waals surface area (Å²) in [6.45, 7) is 9.11. The van der Waals surface area contributed by atoms with Crippen molar-refractivity contribution >= 4 is 11.9 Å². The smallest absolute Gasteiger partial charge is 0.313 e. The molecule has 5 nitrogen and oxygen atoms in total. The molecule has 5 heteroatoms. The Balaban J connectivity index is 1.36. The zero-order valence-electron chi connectivity index (χ0n) is 19.3. The van der Waals surface area contributed by atoms with Crippen LogP contribution in [0, 0.1) is 10.8 Å². The van der Waals surface area contributed by atoms with Gasteiger partial charge >= 0.3 is 5.97 Å². The van der Waals surface area contributed by atoms with Crippen molar-refractivity contribution in [1.82, 2.24) is 4.90 Å². The molecule has 3 fully saturated rings. The first-order valence-corrected chi connectivity index (χ1v) is 11.8. The highest BCUT2D eigenvalue weighted by atomic mass is 16.6. The molecule has 2 atom stereocenters. The minimum absolute atomic E-state index is 0.00657. The molecule has 0 unspecified atom stereocenters. The molecule has 1 N–H and O–H groups in total. The van der Waals surface area contributed by atoms with Crippen LogP contribution in [0.1, 0.15) is 50.8 Å². The maximum absolute atomic E-state index is 13.7. The predicted molar refractivity (Wildman–Crippen MR) is 122 cm³/mol. The number of piperazine rings is 1. The van der Waals surface area contributed by atoms with E-state index < -0.39 is 16.4 Å². The van der Waals surface area contributed by atoms with E-state index in [2.05, 4.69) is 60.7 Å². The zero-order chi connectivity index (χ0) is 22.6. The number of hydrogen-bond acceptors (Lipinski definition) is 3. The molecular formula is C27H33N2O3+. The van der Waals surface area contributed by atoms with E-state index in [9.17, 15) is 9.59 Å². The second-order valence-corrected chi connectivity index (χ2v) is 10.4. The van der Waals surface area contributed by atoms with Crippen LogP contribution in [0.3, 0.4) is 0 Å². The first kappa shape index (κ1) is 21.2. The van der Waals surface area contributed by atoms with Crippen LogP contribution in [0.5, 0.6) is 0 Å². The minimum Gasteiger partial charge on any atom is -0.448 e. The Labute approximate surface area is 190 Å². The molecule has 2 aromatic carbocycles. The van der Waals surface area contributed by atoms with Gasteiger partial charge in [-0.1, -0.05) is 74.5 Å². The van der Waals surface area contributed by atoms with E-state index in [0.717, 1.165) is 19.5 Å². The Morgan fingerprint density at radius 3 is 1.88 bits per heavy atom. The summed E-state index contributed by atoms with van der Waals surface area (Å²) in [6, 6.07) is 21.5. The fourth-order valence-electron chi connectivity index (χ4n) is 6.22. The zero-order valence-corrected chi connectivity index (χ0v) is 19.3. The van der Waals surface area contributed by atoms with E-state index in [4.69, 9.17) is 4.74 Å². The number of benzene rings is 2. The van der Waals surface area contributed by atoms with Crippen molar-refractivity contribution in [3.8, 4) is 0 Å². The summed E-state index contributed by atoms with van der Waals surface area (Å²) in [5.74, 6) is -0.202. The molecule has 2 bridgehead atoms. The molecule has 1 amide bonds. The Bertz CT molecular complexity index is 974. The van der Waals surface area contributed by atoms with Crippen LogP contribution < -0.4 is 4.90 Å². The normalized spacial score (nSPS) is 29.4. The number of carbonyl (C=O) groups is 2. The van der Waals surface area contributed by atoms with Crippen molar-refractivity contribution in [2.45, 2.75) is 45.3 Å². The first-order valence-electron chi connectivity index (χ1n) is 11.8. The SMILES string of the molecule is CC1(C)[C@@]2(C)CC[C@@]1(C(=O)N1CC[NH+](C(c3ccccc3)c3ccccc3)CC1)OC2=O. The van der Waals surface area contributed by atoms with E-state index in [1.807, 2.05) is 25.7 Å². The highest BCUT2D eigenvalue weighted by Gasteiger charge is 2.76. The molecule has 2 aliphatic heterocycles. The Morgan fingerprint density at radius 2 is 1.44 bits per heavy atom. The number of nitrogens with zero attached hydrogens (tertiary/aromatic N) is 1. The van der Waals surface area contributed by atoms with Crippen LogP contribution in [-0.4, -0.2) is 48.6 Å². The molecule has 1 aliphatic carbocycles. The largest absolute Gasteiger partial charge is 0.448 e. The van der Waals surface area contributed by atoms with Crippen molar-refractivity contribution in [2.75, 3.05) is 26.2 Å². The lowest BCUT2D eigenvalue weighted by atomic mass is 9.66. The van der Waals surface area contributed by atoms with Crippen molar-refractivity contribution in [2.24, 2.45) is 10.8 Å². The van der Waals surface area contributed by atoms with E-state index in [1.165, 1.54) is 16.0 Å². The van der Waals surface area contributed by atoms with Gasteiger partial charge in [0.25, 0.3) is 5.91 Å². The van der Waals surface area contributed by atoms with Gasteiger partial charge in [-0.25, -0.2) is 0 Å². The van der Waals surface area contributed by atoms with Crippen LogP contribution in [0.4, 0.5) is 0 Å². The molecule has 0 aromatic heterocycles. The lowest BCUT2D eigenvalue weighted by Crippen LogP contribution is -3.15. The first-order chi connectivity index (χ1) is 15.3. The fourth-order valence-corrected chi connectivity index (χ4v) is 6.22. The molecule has 2 aromatic rings. The maximum atomic E-state index is 13.7. The van der Waals surface area contributed by atoms with Gasteiger partial charge < -0.3 is 14.5 Å². The third-order valence-corrected chi connectivity index (χ3v) is 8.80. The minimum atomic E-state index is -1.01. The topological polar surface area (TPSA) is 51.1 Å². The van der Waals surface area contributed by atoms with Gasteiger partial charge in [0.2, 0.25) is 0 Å². The highest BCUT2D eigenvalue weighted by molar-refractivity contribution is 5.96. The number of fused-ring (bicyclic) bond motifs is 2. The van der Waals surface area contributed by atoms with Gasteiger partial charge in [0.05, 0.1) is 31.6 Å². The molecule has 0 spiro atoms. The number of carbonyl (C=O) groups excluding carboxylic acids is 2. The third kappa shape index (κ3) is 2.87. The molecule has 5 rings (SSSR count). The molecule has 1 saturated carbocycles. The van der Waals surface area contributed by atoms with Crippen LogP contribution in [0.15, 0.2) is 60.7 Å². The summed E-state index contributed by atoms with van der Waals surface area (Å²) in [7, 11) is 0. The lowest BCUT2D eigenvalue weighted by molar-refractivity contribution is -0.929. The van der Waals surface area contributed by atoms with Crippen molar-refractivity contribution in [3.63, 3.8) is 0 Å². The van der Waals surface area contributed by atoms with Crippen molar-refractivity contribution < 1.29 is 19.2 Å². The quantitative estimate of drug-likeness (QED) is 0.755. The Hall–Kier alpha value is -2.66. The van der Waals surface area contributed by atoms with Gasteiger partial charge in [-0.2, -0.15) is 0 Å². The second-order valence-electron chi connectivity index (χ2n) is 10.4. The van der Waals surface area contributed by atoms with Crippen LogP contribution in [0.25, 0.3) is 0 Å².